The fourth-order valence-electron chi connectivity index (χ4n) is 1.07. The molecular formula is C9H5BrFNO. The fourth-order valence-corrected chi connectivity index (χ4v) is 1.47. The number of rotatable bonds is 1. The zero-order valence-electron chi connectivity index (χ0n) is 6.50. The molecule has 2 aromatic rings. The van der Waals surface area contributed by atoms with Crippen LogP contribution in [0.3, 0.4) is 0 Å². The van der Waals surface area contributed by atoms with Crippen LogP contribution in [0.1, 0.15) is 0 Å². The minimum Gasteiger partial charge on any atom is -0.363 e. The van der Waals surface area contributed by atoms with Gasteiger partial charge < -0.3 is 4.52 Å². The summed E-state index contributed by atoms with van der Waals surface area (Å²) in [6.45, 7) is 0. The molecule has 2 nitrogen and oxygen atoms in total. The normalized spacial score (nSPS) is 10.3. The van der Waals surface area contributed by atoms with Crippen molar-refractivity contribution in [2.45, 2.75) is 0 Å². The highest BCUT2D eigenvalue weighted by atomic mass is 79.9. The van der Waals surface area contributed by atoms with E-state index in [1.54, 1.807) is 12.1 Å². The molecule has 66 valence electrons. The molecule has 13 heavy (non-hydrogen) atoms. The standard InChI is InChI=1S/C9H5BrFNO/c10-9-8(5-13-12-9)6-2-1-3-7(11)4-6/h1-5H. The third kappa shape index (κ3) is 1.62. The molecule has 1 heterocycles. The summed E-state index contributed by atoms with van der Waals surface area (Å²) in [7, 11) is 0. The Hall–Kier alpha value is -1.16. The third-order valence-corrected chi connectivity index (χ3v) is 2.23. The monoisotopic (exact) mass is 241 g/mol. The van der Waals surface area contributed by atoms with E-state index in [0.717, 1.165) is 11.1 Å². The van der Waals surface area contributed by atoms with Gasteiger partial charge in [-0.2, -0.15) is 0 Å². The van der Waals surface area contributed by atoms with Gasteiger partial charge in [-0.05, 0) is 33.6 Å². The van der Waals surface area contributed by atoms with Crippen molar-refractivity contribution in [1.82, 2.24) is 5.16 Å². The maximum Gasteiger partial charge on any atom is 0.157 e. The number of halogens is 2. The van der Waals surface area contributed by atoms with E-state index in [1.165, 1.54) is 18.4 Å². The molecule has 0 amide bonds. The second kappa shape index (κ2) is 3.30. The highest BCUT2D eigenvalue weighted by molar-refractivity contribution is 9.10. The Labute approximate surface area is 82.5 Å². The number of hydrogen-bond acceptors (Lipinski definition) is 2. The summed E-state index contributed by atoms with van der Waals surface area (Å²) in [5.41, 5.74) is 1.49. The number of aromatic nitrogens is 1. The highest BCUT2D eigenvalue weighted by Gasteiger charge is 2.07. The fraction of sp³-hybridized carbons (Fsp3) is 0. The van der Waals surface area contributed by atoms with Crippen LogP contribution in [-0.4, -0.2) is 5.16 Å². The Morgan fingerprint density at radius 2 is 2.23 bits per heavy atom. The predicted octanol–water partition coefficient (Wildman–Crippen LogP) is 3.24. The molecule has 0 aliphatic heterocycles. The number of nitrogens with zero attached hydrogens (tertiary/aromatic N) is 1. The molecule has 0 N–H and O–H groups in total. The van der Waals surface area contributed by atoms with Crippen LogP contribution in [0.25, 0.3) is 11.1 Å². The molecule has 1 aromatic carbocycles. The lowest BCUT2D eigenvalue weighted by molar-refractivity contribution is 0.416. The van der Waals surface area contributed by atoms with Crippen LogP contribution in [0.5, 0.6) is 0 Å². The van der Waals surface area contributed by atoms with Crippen LogP contribution in [0, 0.1) is 5.82 Å². The lowest BCUT2D eigenvalue weighted by Gasteiger charge is -1.95. The largest absolute Gasteiger partial charge is 0.363 e. The topological polar surface area (TPSA) is 26.0 Å². The molecule has 0 aliphatic rings. The lowest BCUT2D eigenvalue weighted by Crippen LogP contribution is -1.77. The van der Waals surface area contributed by atoms with Crippen molar-refractivity contribution in [3.05, 3.63) is 40.9 Å². The third-order valence-electron chi connectivity index (χ3n) is 1.66. The van der Waals surface area contributed by atoms with Crippen molar-refractivity contribution < 1.29 is 8.91 Å². The average Bonchev–Trinajstić information content (AvgIpc) is 2.51. The summed E-state index contributed by atoms with van der Waals surface area (Å²) >= 11 is 3.20. The summed E-state index contributed by atoms with van der Waals surface area (Å²) in [6.07, 6.45) is 1.47. The summed E-state index contributed by atoms with van der Waals surface area (Å²) in [4.78, 5) is 0. The first-order valence-corrected chi connectivity index (χ1v) is 4.42. The zero-order valence-corrected chi connectivity index (χ0v) is 8.08. The van der Waals surface area contributed by atoms with Gasteiger partial charge in [0.1, 0.15) is 12.1 Å². The molecule has 0 atom stereocenters. The van der Waals surface area contributed by atoms with Crippen LogP contribution >= 0.6 is 15.9 Å². The van der Waals surface area contributed by atoms with Gasteiger partial charge in [0.2, 0.25) is 0 Å². The van der Waals surface area contributed by atoms with Crippen LogP contribution < -0.4 is 0 Å². The Morgan fingerprint density at radius 1 is 1.38 bits per heavy atom. The summed E-state index contributed by atoms with van der Waals surface area (Å²) < 4.78 is 18.1. The van der Waals surface area contributed by atoms with E-state index >= 15 is 0 Å². The van der Waals surface area contributed by atoms with E-state index in [1.807, 2.05) is 0 Å². The molecule has 0 saturated carbocycles. The summed E-state index contributed by atoms with van der Waals surface area (Å²) in [5.74, 6) is -0.273. The van der Waals surface area contributed by atoms with Gasteiger partial charge in [0.25, 0.3) is 0 Å². The van der Waals surface area contributed by atoms with E-state index in [9.17, 15) is 4.39 Å². The Bertz CT molecular complexity index is 427. The van der Waals surface area contributed by atoms with Crippen molar-refractivity contribution in [3.63, 3.8) is 0 Å². The summed E-state index contributed by atoms with van der Waals surface area (Å²) in [6, 6.07) is 6.26. The van der Waals surface area contributed by atoms with Crippen molar-refractivity contribution in [2.24, 2.45) is 0 Å². The van der Waals surface area contributed by atoms with E-state index < -0.39 is 0 Å². The molecule has 2 rings (SSSR count). The van der Waals surface area contributed by atoms with E-state index in [4.69, 9.17) is 4.52 Å². The van der Waals surface area contributed by atoms with E-state index in [-0.39, 0.29) is 5.82 Å². The molecule has 0 radical (unpaired) electrons. The van der Waals surface area contributed by atoms with Gasteiger partial charge in [-0.3, -0.25) is 0 Å². The van der Waals surface area contributed by atoms with E-state index in [0.29, 0.717) is 4.60 Å². The van der Waals surface area contributed by atoms with Gasteiger partial charge >= 0.3 is 0 Å². The molecule has 4 heteroatoms. The van der Waals surface area contributed by atoms with Crippen molar-refractivity contribution in [3.8, 4) is 11.1 Å². The van der Waals surface area contributed by atoms with Gasteiger partial charge in [-0.15, -0.1) is 0 Å². The highest BCUT2D eigenvalue weighted by Crippen LogP contribution is 2.26. The quantitative estimate of drug-likeness (QED) is 0.767. The molecule has 0 spiro atoms. The van der Waals surface area contributed by atoms with Gasteiger partial charge in [0.05, 0.1) is 5.56 Å². The zero-order chi connectivity index (χ0) is 9.26. The molecule has 0 unspecified atom stereocenters. The van der Waals surface area contributed by atoms with Crippen molar-refractivity contribution in [2.75, 3.05) is 0 Å². The maximum atomic E-state index is 12.8. The van der Waals surface area contributed by atoms with Gasteiger partial charge in [-0.25, -0.2) is 4.39 Å². The van der Waals surface area contributed by atoms with Crippen LogP contribution in [0.4, 0.5) is 4.39 Å². The molecule has 0 fully saturated rings. The van der Waals surface area contributed by atoms with Crippen LogP contribution in [-0.2, 0) is 0 Å². The number of benzene rings is 1. The molecule has 0 saturated heterocycles. The first-order chi connectivity index (χ1) is 6.27. The minimum atomic E-state index is -0.273. The van der Waals surface area contributed by atoms with Gasteiger partial charge in [-0.1, -0.05) is 17.3 Å². The summed E-state index contributed by atoms with van der Waals surface area (Å²) in [5, 5.41) is 3.64. The second-order valence-electron chi connectivity index (χ2n) is 2.53. The van der Waals surface area contributed by atoms with Gasteiger partial charge in [0, 0.05) is 0 Å². The smallest absolute Gasteiger partial charge is 0.157 e. The second-order valence-corrected chi connectivity index (χ2v) is 3.28. The molecule has 0 bridgehead atoms. The maximum absolute atomic E-state index is 12.8. The lowest BCUT2D eigenvalue weighted by atomic mass is 10.1. The molecule has 0 aliphatic carbocycles. The Kier molecular flexibility index (Phi) is 2.14. The molecular weight excluding hydrogens is 237 g/mol. The van der Waals surface area contributed by atoms with Crippen LogP contribution in [0.15, 0.2) is 39.7 Å². The average molecular weight is 242 g/mol. The van der Waals surface area contributed by atoms with Crippen molar-refractivity contribution in [1.29, 1.82) is 0 Å². The van der Waals surface area contributed by atoms with Gasteiger partial charge in [0.15, 0.2) is 4.60 Å². The number of hydrogen-bond donors (Lipinski definition) is 0. The predicted molar refractivity (Wildman–Crippen MR) is 49.6 cm³/mol. The first-order valence-electron chi connectivity index (χ1n) is 3.63. The Morgan fingerprint density at radius 3 is 2.85 bits per heavy atom. The first kappa shape index (κ1) is 8.44. The SMILES string of the molecule is Fc1cccc(-c2conc2Br)c1. The molecule has 1 aromatic heterocycles. The Balaban J connectivity index is 2.53. The minimum absolute atomic E-state index is 0.273. The van der Waals surface area contributed by atoms with Crippen molar-refractivity contribution >= 4 is 15.9 Å². The van der Waals surface area contributed by atoms with Crippen LogP contribution in [0.2, 0.25) is 0 Å². The van der Waals surface area contributed by atoms with E-state index in [2.05, 4.69) is 21.1 Å².